The number of phenols is 1. The molecule has 0 bridgehead atoms. The highest BCUT2D eigenvalue weighted by Crippen LogP contribution is 2.28. The van der Waals surface area contributed by atoms with Crippen LogP contribution in [-0.4, -0.2) is 85.9 Å². The molecule has 0 radical (unpaired) electrons. The summed E-state index contributed by atoms with van der Waals surface area (Å²) in [4.78, 5) is 29.4. The van der Waals surface area contributed by atoms with E-state index in [0.29, 0.717) is 12.3 Å². The van der Waals surface area contributed by atoms with Crippen LogP contribution >= 0.6 is 11.6 Å². The van der Waals surface area contributed by atoms with Crippen molar-refractivity contribution in [2.24, 2.45) is 5.10 Å². The SMILES string of the molecule is CN1CCN(CCCNC(=O)COc2ccc(C=NNC(=O)c3ccc(O)c(Cl)c3)c3ccccc23)CC1. The number of nitrogens with zero attached hydrogens (tertiary/aromatic N) is 3. The van der Waals surface area contributed by atoms with Crippen molar-refractivity contribution < 1.29 is 19.4 Å². The van der Waals surface area contributed by atoms with Gasteiger partial charge in [0.25, 0.3) is 11.8 Å². The Kier molecular flexibility index (Phi) is 9.53. The highest BCUT2D eigenvalue weighted by molar-refractivity contribution is 6.32. The third-order valence-corrected chi connectivity index (χ3v) is 6.73. The number of phenolic OH excluding ortho intramolecular Hbond substituents is 1. The predicted molar refractivity (Wildman–Crippen MR) is 149 cm³/mol. The smallest absolute Gasteiger partial charge is 0.271 e. The number of amides is 2. The van der Waals surface area contributed by atoms with Gasteiger partial charge in [0.05, 0.1) is 11.2 Å². The zero-order valence-corrected chi connectivity index (χ0v) is 22.1. The van der Waals surface area contributed by atoms with Gasteiger partial charge in [-0.25, -0.2) is 5.43 Å². The summed E-state index contributed by atoms with van der Waals surface area (Å²) >= 11 is 5.87. The number of hydrazone groups is 1. The van der Waals surface area contributed by atoms with Crippen LogP contribution in [0.25, 0.3) is 10.8 Å². The molecule has 3 aromatic carbocycles. The highest BCUT2D eigenvalue weighted by Gasteiger charge is 2.13. The van der Waals surface area contributed by atoms with Crippen molar-refractivity contribution in [3.8, 4) is 11.5 Å². The Morgan fingerprint density at radius 2 is 1.84 bits per heavy atom. The summed E-state index contributed by atoms with van der Waals surface area (Å²) in [7, 11) is 2.14. The quantitative estimate of drug-likeness (QED) is 0.208. The topological polar surface area (TPSA) is 107 Å². The Labute approximate surface area is 227 Å². The number of halogens is 1. The maximum atomic E-state index is 12.3. The zero-order valence-electron chi connectivity index (χ0n) is 21.3. The number of rotatable bonds is 10. The van der Waals surface area contributed by atoms with E-state index in [2.05, 4.69) is 32.7 Å². The molecule has 1 aliphatic heterocycles. The summed E-state index contributed by atoms with van der Waals surface area (Å²) in [6.07, 6.45) is 2.45. The van der Waals surface area contributed by atoms with Gasteiger partial charge in [-0.15, -0.1) is 0 Å². The Bertz CT molecular complexity index is 1310. The van der Waals surface area contributed by atoms with Crippen LogP contribution in [0.2, 0.25) is 5.02 Å². The minimum absolute atomic E-state index is 0.0722. The predicted octanol–water partition coefficient (Wildman–Crippen LogP) is 3.10. The molecule has 3 N–H and O–H groups in total. The summed E-state index contributed by atoms with van der Waals surface area (Å²) in [5, 5.41) is 18.3. The van der Waals surface area contributed by atoms with E-state index in [1.54, 1.807) is 12.3 Å². The second-order valence-corrected chi connectivity index (χ2v) is 9.61. The number of hydrogen-bond acceptors (Lipinski definition) is 7. The van der Waals surface area contributed by atoms with Crippen molar-refractivity contribution in [2.75, 3.05) is 52.9 Å². The highest BCUT2D eigenvalue weighted by atomic mass is 35.5. The fourth-order valence-corrected chi connectivity index (χ4v) is 4.38. The largest absolute Gasteiger partial charge is 0.506 e. The van der Waals surface area contributed by atoms with Gasteiger partial charge in [0.2, 0.25) is 0 Å². The zero-order chi connectivity index (χ0) is 26.9. The lowest BCUT2D eigenvalue weighted by molar-refractivity contribution is -0.123. The number of aromatic hydroxyl groups is 1. The van der Waals surface area contributed by atoms with Crippen molar-refractivity contribution in [3.63, 3.8) is 0 Å². The second-order valence-electron chi connectivity index (χ2n) is 9.20. The summed E-state index contributed by atoms with van der Waals surface area (Å²) in [5.41, 5.74) is 3.50. The molecule has 1 heterocycles. The molecule has 200 valence electrons. The van der Waals surface area contributed by atoms with E-state index in [1.807, 2.05) is 30.3 Å². The van der Waals surface area contributed by atoms with Gasteiger partial charge >= 0.3 is 0 Å². The van der Waals surface area contributed by atoms with E-state index in [9.17, 15) is 14.7 Å². The van der Waals surface area contributed by atoms with Crippen molar-refractivity contribution in [2.45, 2.75) is 6.42 Å². The molecule has 0 aliphatic carbocycles. The lowest BCUT2D eigenvalue weighted by Crippen LogP contribution is -2.45. The average molecular weight is 538 g/mol. The van der Waals surface area contributed by atoms with E-state index in [4.69, 9.17) is 16.3 Å². The number of nitrogens with one attached hydrogen (secondary N) is 2. The van der Waals surface area contributed by atoms with E-state index in [-0.39, 0.29) is 28.8 Å². The first kappa shape index (κ1) is 27.4. The minimum Gasteiger partial charge on any atom is -0.506 e. The number of carbonyl (C=O) groups excluding carboxylic acids is 2. The first-order valence-corrected chi connectivity index (χ1v) is 12.9. The molecule has 0 unspecified atom stereocenters. The van der Waals surface area contributed by atoms with Gasteiger partial charge in [-0.3, -0.25) is 9.59 Å². The van der Waals surface area contributed by atoms with Gasteiger partial charge < -0.3 is 25.0 Å². The van der Waals surface area contributed by atoms with Gasteiger partial charge in [-0.1, -0.05) is 35.9 Å². The maximum absolute atomic E-state index is 12.3. The Hall–Kier alpha value is -3.66. The Morgan fingerprint density at radius 3 is 2.61 bits per heavy atom. The molecule has 1 fully saturated rings. The number of fused-ring (bicyclic) bond motifs is 1. The van der Waals surface area contributed by atoms with Crippen LogP contribution in [0, 0.1) is 0 Å². The standard InChI is InChI=1S/C28H32ClN5O4/c1-33-13-15-34(16-14-33)12-4-11-30-27(36)19-38-26-10-8-21(22-5-2-3-6-23(22)26)18-31-32-28(37)20-7-9-25(35)24(29)17-20/h2-3,5-10,17-18,35H,4,11-16,19H2,1H3,(H,30,36)(H,32,37). The fraction of sp³-hybridized carbons (Fsp3) is 0.321. The number of hydrogen-bond donors (Lipinski definition) is 3. The van der Waals surface area contributed by atoms with Crippen LogP contribution in [0.5, 0.6) is 11.5 Å². The van der Waals surface area contributed by atoms with Gasteiger partial charge in [0, 0.05) is 49.2 Å². The number of piperazine rings is 1. The molecular weight excluding hydrogens is 506 g/mol. The molecule has 0 spiro atoms. The molecule has 2 amide bonds. The summed E-state index contributed by atoms with van der Waals surface area (Å²) < 4.78 is 5.84. The van der Waals surface area contributed by atoms with Crippen molar-refractivity contribution in [1.29, 1.82) is 0 Å². The summed E-state index contributed by atoms with van der Waals surface area (Å²) in [6.45, 7) is 5.84. The molecule has 10 heteroatoms. The van der Waals surface area contributed by atoms with Gasteiger partial charge in [-0.05, 0) is 55.7 Å². The van der Waals surface area contributed by atoms with E-state index < -0.39 is 5.91 Å². The van der Waals surface area contributed by atoms with Crippen LogP contribution < -0.4 is 15.5 Å². The third kappa shape index (κ3) is 7.44. The lowest BCUT2D eigenvalue weighted by Gasteiger charge is -2.32. The third-order valence-electron chi connectivity index (χ3n) is 6.43. The fourth-order valence-electron chi connectivity index (χ4n) is 4.20. The van der Waals surface area contributed by atoms with Crippen LogP contribution in [0.15, 0.2) is 59.7 Å². The van der Waals surface area contributed by atoms with E-state index in [1.165, 1.54) is 18.2 Å². The van der Waals surface area contributed by atoms with Gasteiger partial charge in [0.1, 0.15) is 11.5 Å². The second kappa shape index (κ2) is 13.2. The van der Waals surface area contributed by atoms with Crippen LogP contribution in [0.3, 0.4) is 0 Å². The number of likely N-dealkylation sites (N-methyl/N-ethyl adjacent to an activating group) is 1. The molecule has 9 nitrogen and oxygen atoms in total. The molecule has 1 aliphatic rings. The lowest BCUT2D eigenvalue weighted by atomic mass is 10.0. The monoisotopic (exact) mass is 537 g/mol. The molecule has 0 aromatic heterocycles. The van der Waals surface area contributed by atoms with Gasteiger partial charge in [-0.2, -0.15) is 5.10 Å². The molecule has 0 atom stereocenters. The van der Waals surface area contributed by atoms with Gasteiger partial charge in [0.15, 0.2) is 6.61 Å². The summed E-state index contributed by atoms with van der Waals surface area (Å²) in [5.74, 6) is -0.121. The first-order valence-electron chi connectivity index (χ1n) is 12.5. The maximum Gasteiger partial charge on any atom is 0.271 e. The normalized spacial score (nSPS) is 14.6. The van der Waals surface area contributed by atoms with Crippen molar-refractivity contribution >= 4 is 40.4 Å². The number of carbonyl (C=O) groups is 2. The Balaban J connectivity index is 1.29. The molecule has 0 saturated carbocycles. The molecular formula is C28H32ClN5O4. The molecule has 1 saturated heterocycles. The molecule has 4 rings (SSSR count). The number of benzene rings is 3. The number of ether oxygens (including phenoxy) is 1. The van der Waals surface area contributed by atoms with Crippen LogP contribution in [0.1, 0.15) is 22.3 Å². The van der Waals surface area contributed by atoms with E-state index in [0.717, 1.165) is 55.5 Å². The summed E-state index contributed by atoms with van der Waals surface area (Å²) in [6, 6.07) is 15.4. The van der Waals surface area contributed by atoms with Crippen LogP contribution in [-0.2, 0) is 4.79 Å². The minimum atomic E-state index is -0.457. The molecule has 3 aromatic rings. The van der Waals surface area contributed by atoms with Crippen LogP contribution in [0.4, 0.5) is 0 Å². The van der Waals surface area contributed by atoms with E-state index >= 15 is 0 Å². The Morgan fingerprint density at radius 1 is 1.08 bits per heavy atom. The average Bonchev–Trinajstić information content (AvgIpc) is 2.93. The molecule has 38 heavy (non-hydrogen) atoms. The van der Waals surface area contributed by atoms with Crippen molar-refractivity contribution in [3.05, 3.63) is 70.7 Å². The first-order chi connectivity index (χ1) is 18.4. The van der Waals surface area contributed by atoms with Crippen molar-refractivity contribution in [1.82, 2.24) is 20.5 Å².